The minimum absolute atomic E-state index is 0.172. The zero-order chi connectivity index (χ0) is 15.1. The third-order valence-electron chi connectivity index (χ3n) is 2.98. The average molecular weight is 302 g/mol. The minimum Gasteiger partial charge on any atom is -0.506 e. The second kappa shape index (κ2) is 7.78. The summed E-state index contributed by atoms with van der Waals surface area (Å²) in [7, 11) is 0. The lowest BCUT2D eigenvalue weighted by Gasteiger charge is -2.05. The minimum atomic E-state index is -0.627. The Balaban J connectivity index is 0.000000154. The van der Waals surface area contributed by atoms with Gasteiger partial charge in [0, 0.05) is 6.42 Å². The van der Waals surface area contributed by atoms with Gasteiger partial charge in [-0.3, -0.25) is 0 Å². The third kappa shape index (κ3) is 4.56. The summed E-state index contributed by atoms with van der Waals surface area (Å²) in [4.78, 5) is 0. The van der Waals surface area contributed by atoms with E-state index in [9.17, 15) is 5.11 Å². The molecule has 0 fully saturated rings. The van der Waals surface area contributed by atoms with Gasteiger partial charge in [0.1, 0.15) is 5.75 Å². The molecule has 3 aromatic rings. The molecule has 0 radical (unpaired) electrons. The number of phenolic OH excluding ortho intramolecular Hbond substituents is 1. The van der Waals surface area contributed by atoms with Gasteiger partial charge < -0.3 is 15.3 Å². The maximum absolute atomic E-state index is 9.27. The number of rotatable bonds is 3. The van der Waals surface area contributed by atoms with Crippen LogP contribution in [0.1, 0.15) is 5.56 Å². The highest BCUT2D eigenvalue weighted by atomic mass is 32.1. The normalized spacial score (nSPS) is 11.7. The number of hydrogen-bond acceptors (Lipinski definition) is 4. The standard InChI is InChI=1S/C9H12O2.C8H6OS/c10-7-9(11)6-8-4-2-1-3-5-8;9-7-3-1-2-6-4-5-10-8(6)7/h1-5,9-11H,6-7H2;1-5,9H. The van der Waals surface area contributed by atoms with E-state index in [0.717, 1.165) is 15.6 Å². The van der Waals surface area contributed by atoms with E-state index in [1.54, 1.807) is 17.4 Å². The Hall–Kier alpha value is -1.88. The van der Waals surface area contributed by atoms with Crippen molar-refractivity contribution in [2.75, 3.05) is 6.61 Å². The second-order valence-corrected chi connectivity index (χ2v) is 5.56. The lowest BCUT2D eigenvalue weighted by molar-refractivity contribution is 0.0955. The number of hydrogen-bond donors (Lipinski definition) is 3. The molecule has 1 heterocycles. The number of thiophene rings is 1. The van der Waals surface area contributed by atoms with Crippen LogP contribution >= 0.6 is 11.3 Å². The lowest BCUT2D eigenvalue weighted by atomic mass is 10.1. The second-order valence-electron chi connectivity index (χ2n) is 4.64. The monoisotopic (exact) mass is 302 g/mol. The Morgan fingerprint density at radius 1 is 0.952 bits per heavy atom. The van der Waals surface area contributed by atoms with E-state index in [4.69, 9.17) is 10.2 Å². The van der Waals surface area contributed by atoms with E-state index in [1.165, 1.54) is 0 Å². The first-order valence-corrected chi connectivity index (χ1v) is 7.56. The van der Waals surface area contributed by atoms with Crippen LogP contribution < -0.4 is 0 Å². The summed E-state index contributed by atoms with van der Waals surface area (Å²) in [6, 6.07) is 17.2. The summed E-state index contributed by atoms with van der Waals surface area (Å²) < 4.78 is 0.975. The Morgan fingerprint density at radius 3 is 2.38 bits per heavy atom. The maximum atomic E-state index is 9.27. The van der Waals surface area contributed by atoms with Crippen LogP contribution in [0, 0.1) is 0 Å². The molecule has 0 amide bonds. The predicted octanol–water partition coefficient (Wildman–Crippen LogP) is 3.19. The number of phenols is 1. The SMILES string of the molecule is OCC(O)Cc1ccccc1.Oc1cccc2ccsc12. The molecule has 0 aliphatic carbocycles. The summed E-state index contributed by atoms with van der Waals surface area (Å²) in [5.74, 6) is 0.382. The zero-order valence-electron chi connectivity index (χ0n) is 11.5. The van der Waals surface area contributed by atoms with Crippen molar-refractivity contribution in [2.24, 2.45) is 0 Å². The van der Waals surface area contributed by atoms with Crippen LogP contribution in [0.5, 0.6) is 5.75 Å². The first kappa shape index (κ1) is 15.5. The molecule has 4 heteroatoms. The van der Waals surface area contributed by atoms with Gasteiger partial charge in [-0.2, -0.15) is 0 Å². The van der Waals surface area contributed by atoms with Crippen LogP contribution in [0.3, 0.4) is 0 Å². The molecule has 3 nitrogen and oxygen atoms in total. The molecule has 0 saturated heterocycles. The molecule has 1 aromatic heterocycles. The molecule has 110 valence electrons. The lowest BCUT2D eigenvalue weighted by Crippen LogP contribution is -2.14. The number of benzene rings is 2. The van der Waals surface area contributed by atoms with Gasteiger partial charge in [-0.05, 0) is 28.5 Å². The molecule has 2 aromatic carbocycles. The van der Waals surface area contributed by atoms with Crippen LogP contribution in [0.25, 0.3) is 10.1 Å². The van der Waals surface area contributed by atoms with Gasteiger partial charge in [0.25, 0.3) is 0 Å². The van der Waals surface area contributed by atoms with Crippen LogP contribution in [-0.4, -0.2) is 28.0 Å². The summed E-state index contributed by atoms with van der Waals surface area (Å²) in [5, 5.41) is 30.0. The first-order valence-electron chi connectivity index (χ1n) is 6.68. The van der Waals surface area contributed by atoms with Crippen molar-refractivity contribution in [2.45, 2.75) is 12.5 Å². The van der Waals surface area contributed by atoms with Crippen molar-refractivity contribution in [3.8, 4) is 5.75 Å². The topological polar surface area (TPSA) is 60.7 Å². The molecule has 3 N–H and O–H groups in total. The number of aliphatic hydroxyl groups is 2. The van der Waals surface area contributed by atoms with Crippen LogP contribution in [-0.2, 0) is 6.42 Å². The van der Waals surface area contributed by atoms with Gasteiger partial charge in [0.05, 0.1) is 17.4 Å². The van der Waals surface area contributed by atoms with Crippen molar-refractivity contribution in [3.05, 3.63) is 65.5 Å². The van der Waals surface area contributed by atoms with Gasteiger partial charge in [0.2, 0.25) is 0 Å². The molecule has 1 atom stereocenters. The molecule has 0 saturated carbocycles. The zero-order valence-corrected chi connectivity index (χ0v) is 12.3. The van der Waals surface area contributed by atoms with Gasteiger partial charge >= 0.3 is 0 Å². The van der Waals surface area contributed by atoms with Crippen molar-refractivity contribution < 1.29 is 15.3 Å². The maximum Gasteiger partial charge on any atom is 0.133 e. The van der Waals surface area contributed by atoms with E-state index < -0.39 is 6.10 Å². The first-order chi connectivity index (χ1) is 10.2. The van der Waals surface area contributed by atoms with Gasteiger partial charge in [0.15, 0.2) is 0 Å². The molecule has 0 aliphatic rings. The summed E-state index contributed by atoms with van der Waals surface area (Å²) >= 11 is 1.56. The summed E-state index contributed by atoms with van der Waals surface area (Å²) in [6.07, 6.45) is -0.102. The smallest absolute Gasteiger partial charge is 0.133 e. The summed E-state index contributed by atoms with van der Waals surface area (Å²) in [6.45, 7) is -0.172. The Labute approximate surface area is 127 Å². The highest BCUT2D eigenvalue weighted by Gasteiger charge is 2.01. The van der Waals surface area contributed by atoms with Crippen molar-refractivity contribution in [1.82, 2.24) is 0 Å². The van der Waals surface area contributed by atoms with Crippen molar-refractivity contribution in [3.63, 3.8) is 0 Å². The van der Waals surface area contributed by atoms with Crippen molar-refractivity contribution >= 4 is 21.4 Å². The summed E-state index contributed by atoms with van der Waals surface area (Å²) in [5.41, 5.74) is 1.05. The van der Waals surface area contributed by atoms with E-state index >= 15 is 0 Å². The fourth-order valence-corrected chi connectivity index (χ4v) is 2.74. The fourth-order valence-electron chi connectivity index (χ4n) is 1.93. The largest absolute Gasteiger partial charge is 0.506 e. The molecule has 3 rings (SSSR count). The molecule has 0 spiro atoms. The van der Waals surface area contributed by atoms with Gasteiger partial charge in [-0.1, -0.05) is 42.5 Å². The quantitative estimate of drug-likeness (QED) is 0.696. The van der Waals surface area contributed by atoms with Crippen LogP contribution in [0.2, 0.25) is 0 Å². The molecule has 0 bridgehead atoms. The number of aliphatic hydroxyl groups excluding tert-OH is 2. The molecular weight excluding hydrogens is 284 g/mol. The highest BCUT2D eigenvalue weighted by molar-refractivity contribution is 7.17. The molecule has 1 unspecified atom stereocenters. The Bertz CT molecular complexity index is 664. The van der Waals surface area contributed by atoms with Crippen LogP contribution in [0.15, 0.2) is 60.0 Å². The van der Waals surface area contributed by atoms with E-state index in [2.05, 4.69) is 0 Å². The molecule has 0 aliphatic heterocycles. The van der Waals surface area contributed by atoms with E-state index in [1.807, 2.05) is 53.9 Å². The Morgan fingerprint density at radius 2 is 1.71 bits per heavy atom. The van der Waals surface area contributed by atoms with Gasteiger partial charge in [-0.25, -0.2) is 0 Å². The predicted molar refractivity (Wildman–Crippen MR) is 86.7 cm³/mol. The highest BCUT2D eigenvalue weighted by Crippen LogP contribution is 2.28. The number of aromatic hydroxyl groups is 1. The Kier molecular flexibility index (Phi) is 5.75. The van der Waals surface area contributed by atoms with E-state index in [0.29, 0.717) is 12.2 Å². The third-order valence-corrected chi connectivity index (χ3v) is 3.94. The number of fused-ring (bicyclic) bond motifs is 1. The average Bonchev–Trinajstić information content (AvgIpc) is 2.99. The molecular formula is C17H18O3S. The van der Waals surface area contributed by atoms with Gasteiger partial charge in [-0.15, -0.1) is 11.3 Å². The van der Waals surface area contributed by atoms with Crippen LogP contribution in [0.4, 0.5) is 0 Å². The van der Waals surface area contributed by atoms with E-state index in [-0.39, 0.29) is 6.61 Å². The fraction of sp³-hybridized carbons (Fsp3) is 0.176. The molecule has 21 heavy (non-hydrogen) atoms. The van der Waals surface area contributed by atoms with Crippen molar-refractivity contribution in [1.29, 1.82) is 0 Å².